The van der Waals surface area contributed by atoms with Gasteiger partial charge in [0, 0.05) is 0 Å². The van der Waals surface area contributed by atoms with Crippen LogP contribution in [0.4, 0.5) is 4.79 Å². The first-order chi connectivity index (χ1) is 14.4. The number of carbonyl (C=O) groups excluding carboxylic acids is 1. The lowest BCUT2D eigenvalue weighted by atomic mass is 9.94. The Morgan fingerprint density at radius 3 is 2.06 bits per heavy atom. The summed E-state index contributed by atoms with van der Waals surface area (Å²) < 4.78 is 39.3. The molecule has 1 amide bonds. The minimum Gasteiger partial charge on any atom is -0.478 e. The molecule has 0 radical (unpaired) electrons. The zero-order chi connectivity index (χ0) is 23.7. The van der Waals surface area contributed by atoms with Crippen LogP contribution in [0.15, 0.2) is 35.1 Å². The lowest BCUT2D eigenvalue weighted by molar-refractivity contribution is 0.0492. The summed E-state index contributed by atoms with van der Waals surface area (Å²) in [5.74, 6) is -0.322. The minimum absolute atomic E-state index is 0.169. The quantitative estimate of drug-likeness (QED) is 0.268. The highest BCUT2D eigenvalue weighted by atomic mass is 31.2. The average Bonchev–Trinajstić information content (AvgIpc) is 2.64. The first-order valence-electron chi connectivity index (χ1n) is 10.6. The summed E-state index contributed by atoms with van der Waals surface area (Å²) in [5.41, 5.74) is 0.170. The van der Waals surface area contributed by atoms with Crippen molar-refractivity contribution in [2.75, 3.05) is 13.2 Å². The second kappa shape index (κ2) is 12.2. The van der Waals surface area contributed by atoms with Crippen molar-refractivity contribution in [3.8, 4) is 0 Å². The predicted octanol–water partition coefficient (Wildman–Crippen LogP) is 5.89. The van der Waals surface area contributed by atoms with E-state index < -0.39 is 31.4 Å². The SMILES string of the molecule is CCOP(=O)(/N=C(/OC(C)C)[C@H](C)[C@H](NC(=O)OC(C)(C)C)c1ccccc1)OCC. The van der Waals surface area contributed by atoms with Crippen LogP contribution in [0.5, 0.6) is 0 Å². The second-order valence-corrected chi connectivity index (χ2v) is 9.89. The van der Waals surface area contributed by atoms with E-state index in [-0.39, 0.29) is 25.2 Å². The van der Waals surface area contributed by atoms with Crippen LogP contribution in [0, 0.1) is 5.92 Å². The van der Waals surface area contributed by atoms with Gasteiger partial charge in [-0.2, -0.15) is 0 Å². The maximum Gasteiger partial charge on any atom is 0.456 e. The van der Waals surface area contributed by atoms with Crippen LogP contribution in [0.2, 0.25) is 0 Å². The van der Waals surface area contributed by atoms with E-state index in [0.29, 0.717) is 0 Å². The fraction of sp³-hybridized carbons (Fsp3) is 0.636. The molecule has 0 aliphatic rings. The van der Waals surface area contributed by atoms with Crippen molar-refractivity contribution < 1.29 is 27.9 Å². The van der Waals surface area contributed by atoms with Crippen molar-refractivity contribution >= 4 is 19.7 Å². The van der Waals surface area contributed by atoms with Gasteiger partial charge in [0.1, 0.15) is 5.60 Å². The molecular weight excluding hydrogens is 419 g/mol. The molecule has 176 valence electrons. The fourth-order valence-corrected chi connectivity index (χ4v) is 4.05. The molecule has 1 aromatic carbocycles. The molecule has 0 saturated heterocycles. The maximum atomic E-state index is 13.1. The monoisotopic (exact) mass is 456 g/mol. The Morgan fingerprint density at radius 2 is 1.61 bits per heavy atom. The smallest absolute Gasteiger partial charge is 0.456 e. The van der Waals surface area contributed by atoms with Crippen LogP contribution in [-0.2, 0) is 23.1 Å². The summed E-state index contributed by atoms with van der Waals surface area (Å²) in [6.45, 7) is 14.7. The molecule has 0 bridgehead atoms. The van der Waals surface area contributed by atoms with Gasteiger partial charge < -0.3 is 14.8 Å². The van der Waals surface area contributed by atoms with E-state index in [1.165, 1.54) is 0 Å². The summed E-state index contributed by atoms with van der Waals surface area (Å²) in [4.78, 5) is 12.6. The Hall–Kier alpha value is -1.89. The molecule has 31 heavy (non-hydrogen) atoms. The fourth-order valence-electron chi connectivity index (χ4n) is 2.74. The first-order valence-corrected chi connectivity index (χ1v) is 12.1. The lowest BCUT2D eigenvalue weighted by Crippen LogP contribution is -2.40. The van der Waals surface area contributed by atoms with E-state index in [4.69, 9.17) is 18.5 Å². The summed E-state index contributed by atoms with van der Waals surface area (Å²) in [7, 11) is -3.77. The van der Waals surface area contributed by atoms with Crippen LogP contribution in [0.1, 0.15) is 67.0 Å². The Morgan fingerprint density at radius 1 is 1.06 bits per heavy atom. The molecule has 0 fully saturated rings. The standard InChI is InChI=1S/C22H37N2O6P/c1-9-27-31(26,28-10-2)24-20(29-16(3)4)17(5)19(18-14-12-11-13-15-18)23-21(25)30-22(6,7)8/h11-17,19H,9-10H2,1-8H3,(H,23,25)/b24-20+/t17-,19+/m1/s1. The van der Waals surface area contributed by atoms with E-state index in [0.717, 1.165) is 5.56 Å². The zero-order valence-electron chi connectivity index (χ0n) is 19.9. The molecular formula is C22H37N2O6P. The predicted molar refractivity (Wildman–Crippen MR) is 122 cm³/mol. The zero-order valence-corrected chi connectivity index (χ0v) is 20.8. The molecule has 0 aromatic heterocycles. The number of hydrogen-bond acceptors (Lipinski definition) is 6. The van der Waals surface area contributed by atoms with Gasteiger partial charge in [-0.25, -0.2) is 9.36 Å². The molecule has 0 spiro atoms. The molecule has 1 aromatic rings. The van der Waals surface area contributed by atoms with E-state index in [1.807, 2.05) is 51.1 Å². The van der Waals surface area contributed by atoms with Gasteiger partial charge >= 0.3 is 13.8 Å². The van der Waals surface area contributed by atoms with Gasteiger partial charge in [0.25, 0.3) is 0 Å². The summed E-state index contributed by atoms with van der Waals surface area (Å²) in [6.07, 6.45) is -0.814. The molecule has 0 heterocycles. The minimum atomic E-state index is -3.77. The van der Waals surface area contributed by atoms with E-state index >= 15 is 0 Å². The molecule has 0 saturated carbocycles. The third-order valence-electron chi connectivity index (χ3n) is 3.88. The highest BCUT2D eigenvalue weighted by Crippen LogP contribution is 2.50. The summed E-state index contributed by atoms with van der Waals surface area (Å²) >= 11 is 0. The van der Waals surface area contributed by atoms with Crippen LogP contribution in [0.25, 0.3) is 0 Å². The third kappa shape index (κ3) is 9.85. The number of amides is 1. The highest BCUT2D eigenvalue weighted by Gasteiger charge is 2.33. The highest BCUT2D eigenvalue weighted by molar-refractivity contribution is 7.52. The van der Waals surface area contributed by atoms with Crippen LogP contribution in [-0.4, -0.2) is 36.9 Å². The Balaban J connectivity index is 3.38. The van der Waals surface area contributed by atoms with Gasteiger partial charge in [-0.3, -0.25) is 9.05 Å². The molecule has 8 nitrogen and oxygen atoms in total. The second-order valence-electron chi connectivity index (χ2n) is 8.23. The topological polar surface area (TPSA) is 95.5 Å². The summed E-state index contributed by atoms with van der Waals surface area (Å²) in [5, 5.41) is 2.90. The van der Waals surface area contributed by atoms with Gasteiger partial charge in [0.2, 0.25) is 0 Å². The molecule has 2 atom stereocenters. The van der Waals surface area contributed by atoms with E-state index in [2.05, 4.69) is 10.1 Å². The molecule has 0 aliphatic heterocycles. The number of carbonyl (C=O) groups is 1. The van der Waals surface area contributed by atoms with Gasteiger partial charge in [0.05, 0.1) is 31.3 Å². The van der Waals surface area contributed by atoms with Gasteiger partial charge in [-0.05, 0) is 54.0 Å². The van der Waals surface area contributed by atoms with Crippen molar-refractivity contribution in [3.05, 3.63) is 35.9 Å². The molecule has 1 rings (SSSR count). The Kier molecular flexibility index (Phi) is 10.7. The Bertz CT molecular complexity index is 751. The number of alkyl carbamates (subject to hydrolysis) is 1. The van der Waals surface area contributed by atoms with Crippen LogP contribution >= 0.6 is 7.75 Å². The molecule has 1 N–H and O–H groups in total. The van der Waals surface area contributed by atoms with Gasteiger partial charge in [-0.15, -0.1) is 4.76 Å². The Labute approximate surface area is 186 Å². The first kappa shape index (κ1) is 27.1. The van der Waals surface area contributed by atoms with Crippen molar-refractivity contribution in [2.24, 2.45) is 10.7 Å². The van der Waals surface area contributed by atoms with Crippen LogP contribution in [0.3, 0.4) is 0 Å². The van der Waals surface area contributed by atoms with Gasteiger partial charge in [-0.1, -0.05) is 37.3 Å². The summed E-state index contributed by atoms with van der Waals surface area (Å²) in [6, 6.07) is 8.85. The molecule has 0 aliphatic carbocycles. The van der Waals surface area contributed by atoms with Crippen molar-refractivity contribution in [2.45, 2.75) is 73.1 Å². The number of rotatable bonds is 10. The molecule has 9 heteroatoms. The largest absolute Gasteiger partial charge is 0.478 e. The third-order valence-corrected chi connectivity index (χ3v) is 5.49. The number of nitrogens with zero attached hydrogens (tertiary/aromatic N) is 1. The van der Waals surface area contributed by atoms with Gasteiger partial charge in [0.15, 0.2) is 5.90 Å². The van der Waals surface area contributed by atoms with E-state index in [1.54, 1.807) is 34.6 Å². The number of nitrogens with one attached hydrogen (secondary N) is 1. The number of hydrogen-bond donors (Lipinski definition) is 1. The van der Waals surface area contributed by atoms with E-state index in [9.17, 15) is 9.36 Å². The lowest BCUT2D eigenvalue weighted by Gasteiger charge is -2.29. The average molecular weight is 457 g/mol. The normalized spacial score (nSPS) is 14.8. The van der Waals surface area contributed by atoms with Crippen molar-refractivity contribution in [1.29, 1.82) is 0 Å². The number of benzene rings is 1. The molecule has 0 unspecified atom stereocenters. The maximum absolute atomic E-state index is 13.1. The van der Waals surface area contributed by atoms with Crippen molar-refractivity contribution in [3.63, 3.8) is 0 Å². The van der Waals surface area contributed by atoms with Crippen LogP contribution < -0.4 is 5.32 Å². The number of ether oxygens (including phenoxy) is 2. The van der Waals surface area contributed by atoms with Crippen molar-refractivity contribution in [1.82, 2.24) is 5.32 Å².